The van der Waals surface area contributed by atoms with Crippen molar-refractivity contribution in [3.05, 3.63) is 36.2 Å². The largest absolute Gasteiger partial charge is 0.492 e. The molecule has 0 atom stereocenters. The lowest BCUT2D eigenvalue weighted by Crippen LogP contribution is -2.01. The lowest BCUT2D eigenvalue weighted by molar-refractivity contribution is 0.342. The number of rotatable bonds is 4. The third-order valence-electron chi connectivity index (χ3n) is 2.76. The summed E-state index contributed by atoms with van der Waals surface area (Å²) in [4.78, 5) is 0. The molecule has 0 saturated carbocycles. The highest BCUT2D eigenvalue weighted by atomic mass is 16.5. The molecular weight excluding hydrogens is 226 g/mol. The Morgan fingerprint density at radius 1 is 1.33 bits per heavy atom. The fraction of sp³-hybridized carbons (Fsp3) is 0.357. The fourth-order valence-corrected chi connectivity index (χ4v) is 1.74. The van der Waals surface area contributed by atoms with Crippen molar-refractivity contribution in [1.29, 1.82) is 0 Å². The van der Waals surface area contributed by atoms with E-state index in [4.69, 9.17) is 10.5 Å². The Bertz CT molecular complexity index is 532. The van der Waals surface area contributed by atoms with Crippen LogP contribution in [0, 0.1) is 0 Å². The van der Waals surface area contributed by atoms with E-state index in [1.165, 1.54) is 0 Å². The van der Waals surface area contributed by atoms with Crippen LogP contribution in [0.1, 0.15) is 32.4 Å². The summed E-state index contributed by atoms with van der Waals surface area (Å²) >= 11 is 0. The van der Waals surface area contributed by atoms with E-state index < -0.39 is 0 Å². The van der Waals surface area contributed by atoms with Gasteiger partial charge in [0.1, 0.15) is 5.75 Å². The van der Waals surface area contributed by atoms with Crippen molar-refractivity contribution in [2.45, 2.75) is 26.7 Å². The van der Waals surface area contributed by atoms with E-state index in [2.05, 4.69) is 18.9 Å². The molecule has 2 N–H and O–H groups in total. The van der Waals surface area contributed by atoms with Crippen molar-refractivity contribution >= 4 is 5.69 Å². The van der Waals surface area contributed by atoms with Gasteiger partial charge in [-0.1, -0.05) is 13.8 Å². The number of nitrogens with two attached hydrogens (primary N) is 1. The minimum absolute atomic E-state index is 0.423. The molecule has 4 heteroatoms. The van der Waals surface area contributed by atoms with E-state index in [0.29, 0.717) is 24.0 Å². The van der Waals surface area contributed by atoms with Crippen LogP contribution in [0.3, 0.4) is 0 Å². The van der Waals surface area contributed by atoms with Gasteiger partial charge in [0.25, 0.3) is 0 Å². The van der Waals surface area contributed by atoms with Gasteiger partial charge in [-0.05, 0) is 31.0 Å². The minimum Gasteiger partial charge on any atom is -0.492 e. The average molecular weight is 245 g/mol. The molecule has 2 aromatic rings. The first-order valence-corrected chi connectivity index (χ1v) is 6.20. The molecule has 0 aliphatic rings. The molecule has 18 heavy (non-hydrogen) atoms. The van der Waals surface area contributed by atoms with Gasteiger partial charge in [0.05, 0.1) is 23.7 Å². The highest BCUT2D eigenvalue weighted by Gasteiger charge is 2.07. The highest BCUT2D eigenvalue weighted by molar-refractivity contribution is 5.57. The molecule has 4 nitrogen and oxygen atoms in total. The summed E-state index contributed by atoms with van der Waals surface area (Å²) in [5, 5.41) is 4.53. The smallest absolute Gasteiger partial charge is 0.144 e. The van der Waals surface area contributed by atoms with Crippen molar-refractivity contribution in [1.82, 2.24) is 9.78 Å². The third kappa shape index (κ3) is 2.47. The molecule has 0 amide bonds. The Labute approximate surface area is 107 Å². The highest BCUT2D eigenvalue weighted by Crippen LogP contribution is 2.25. The van der Waals surface area contributed by atoms with Crippen molar-refractivity contribution in [3.63, 3.8) is 0 Å². The Balaban J connectivity index is 2.34. The van der Waals surface area contributed by atoms with Gasteiger partial charge in [-0.2, -0.15) is 5.10 Å². The van der Waals surface area contributed by atoms with E-state index in [0.717, 1.165) is 11.4 Å². The number of nitrogens with zero attached hydrogens (tertiary/aromatic N) is 2. The monoisotopic (exact) mass is 245 g/mol. The molecule has 0 aliphatic heterocycles. The van der Waals surface area contributed by atoms with Gasteiger partial charge in [0, 0.05) is 12.3 Å². The Kier molecular flexibility index (Phi) is 3.55. The molecule has 0 spiro atoms. The summed E-state index contributed by atoms with van der Waals surface area (Å²) in [7, 11) is 0. The van der Waals surface area contributed by atoms with Gasteiger partial charge < -0.3 is 10.5 Å². The van der Waals surface area contributed by atoms with Crippen LogP contribution in [0.4, 0.5) is 5.69 Å². The number of hydrogen-bond donors (Lipinski definition) is 1. The first-order valence-electron chi connectivity index (χ1n) is 6.20. The van der Waals surface area contributed by atoms with Gasteiger partial charge in [-0.15, -0.1) is 0 Å². The number of hydrogen-bond acceptors (Lipinski definition) is 3. The third-order valence-corrected chi connectivity index (χ3v) is 2.76. The number of benzene rings is 1. The first-order chi connectivity index (χ1) is 8.61. The Hall–Kier alpha value is -1.97. The summed E-state index contributed by atoms with van der Waals surface area (Å²) in [6.45, 7) is 6.80. The molecule has 0 radical (unpaired) electrons. The van der Waals surface area contributed by atoms with Gasteiger partial charge in [0.15, 0.2) is 0 Å². The molecule has 1 heterocycles. The summed E-state index contributed by atoms with van der Waals surface area (Å²) in [5.41, 5.74) is 8.53. The summed E-state index contributed by atoms with van der Waals surface area (Å²) in [6.07, 6.45) is 1.95. The molecule has 0 aliphatic carbocycles. The van der Waals surface area contributed by atoms with E-state index in [1.807, 2.05) is 42.1 Å². The maximum absolute atomic E-state index is 5.85. The summed E-state index contributed by atoms with van der Waals surface area (Å²) in [5.74, 6) is 1.13. The van der Waals surface area contributed by atoms with Gasteiger partial charge in [0.2, 0.25) is 0 Å². The van der Waals surface area contributed by atoms with Crippen molar-refractivity contribution < 1.29 is 4.74 Å². The molecule has 0 fully saturated rings. The molecule has 0 bridgehead atoms. The van der Waals surface area contributed by atoms with Gasteiger partial charge in [-0.25, -0.2) is 4.68 Å². The normalized spacial score (nSPS) is 10.9. The van der Waals surface area contributed by atoms with Crippen LogP contribution in [-0.2, 0) is 0 Å². The van der Waals surface area contributed by atoms with Gasteiger partial charge in [-0.3, -0.25) is 0 Å². The van der Waals surface area contributed by atoms with Crippen molar-refractivity contribution in [2.24, 2.45) is 0 Å². The number of nitrogen functional groups attached to an aromatic ring is 1. The van der Waals surface area contributed by atoms with Crippen LogP contribution in [0.25, 0.3) is 5.69 Å². The van der Waals surface area contributed by atoms with E-state index in [1.54, 1.807) is 0 Å². The van der Waals surface area contributed by atoms with Crippen LogP contribution in [0.15, 0.2) is 30.5 Å². The van der Waals surface area contributed by atoms with E-state index in [9.17, 15) is 0 Å². The van der Waals surface area contributed by atoms with Crippen LogP contribution in [0.5, 0.6) is 5.75 Å². The number of anilines is 1. The van der Waals surface area contributed by atoms with E-state index in [-0.39, 0.29) is 0 Å². The molecule has 2 rings (SSSR count). The zero-order valence-corrected chi connectivity index (χ0v) is 11.1. The summed E-state index contributed by atoms with van der Waals surface area (Å²) in [6, 6.07) is 7.73. The average Bonchev–Trinajstić information content (AvgIpc) is 2.82. The Morgan fingerprint density at radius 2 is 2.11 bits per heavy atom. The molecule has 0 saturated heterocycles. The lowest BCUT2D eigenvalue weighted by Gasteiger charge is -2.09. The number of ether oxygens (including phenoxy) is 1. The second-order valence-corrected chi connectivity index (χ2v) is 4.50. The molecule has 96 valence electrons. The van der Waals surface area contributed by atoms with Crippen molar-refractivity contribution in [2.75, 3.05) is 12.3 Å². The second-order valence-electron chi connectivity index (χ2n) is 4.50. The first kappa shape index (κ1) is 12.5. The minimum atomic E-state index is 0.423. The fourth-order valence-electron chi connectivity index (χ4n) is 1.74. The Morgan fingerprint density at radius 3 is 2.72 bits per heavy atom. The van der Waals surface area contributed by atoms with E-state index >= 15 is 0 Å². The predicted molar refractivity (Wildman–Crippen MR) is 73.2 cm³/mol. The molecule has 1 aromatic heterocycles. The molecular formula is C14H19N3O. The lowest BCUT2D eigenvalue weighted by atomic mass is 10.1. The maximum atomic E-state index is 5.85. The molecule has 0 unspecified atom stereocenters. The quantitative estimate of drug-likeness (QED) is 0.842. The summed E-state index contributed by atoms with van der Waals surface area (Å²) < 4.78 is 7.33. The van der Waals surface area contributed by atoms with Crippen LogP contribution < -0.4 is 10.5 Å². The second kappa shape index (κ2) is 5.12. The van der Waals surface area contributed by atoms with Crippen LogP contribution in [-0.4, -0.2) is 16.4 Å². The van der Waals surface area contributed by atoms with Crippen molar-refractivity contribution in [3.8, 4) is 11.4 Å². The standard InChI is InChI=1S/C14H19N3O/c1-4-18-14-9-11(5-6-12(14)15)17-8-7-13(16-17)10(2)3/h5-10H,4,15H2,1-3H3. The SMILES string of the molecule is CCOc1cc(-n2ccc(C(C)C)n2)ccc1N. The van der Waals surface area contributed by atoms with Crippen LogP contribution in [0.2, 0.25) is 0 Å². The number of aromatic nitrogens is 2. The zero-order chi connectivity index (χ0) is 13.1. The molecule has 1 aromatic carbocycles. The van der Waals surface area contributed by atoms with Gasteiger partial charge >= 0.3 is 0 Å². The zero-order valence-electron chi connectivity index (χ0n) is 11.1. The predicted octanol–water partition coefficient (Wildman–Crippen LogP) is 2.98. The maximum Gasteiger partial charge on any atom is 0.144 e. The van der Waals surface area contributed by atoms with Crippen LogP contribution >= 0.6 is 0 Å². The topological polar surface area (TPSA) is 53.1 Å².